The molecule has 2 nitrogen and oxygen atoms in total. The first kappa shape index (κ1) is 26.4. The quantitative estimate of drug-likeness (QED) is 0.191. The first-order valence-electron chi connectivity index (χ1n) is 16.5. The summed E-state index contributed by atoms with van der Waals surface area (Å²) in [7, 11) is 0. The summed E-state index contributed by atoms with van der Waals surface area (Å²) in [6.07, 6.45) is 0. The number of hydrogen-bond donors (Lipinski definition) is 0. The molecule has 10 rings (SSSR count). The Hall–Kier alpha value is -5.86. The molecule has 0 N–H and O–H groups in total. The zero-order chi connectivity index (χ0) is 31.3. The molecule has 0 spiro atoms. The lowest BCUT2D eigenvalue weighted by molar-refractivity contribution is 0.666. The first-order valence-corrected chi connectivity index (χ1v) is 16.5. The van der Waals surface area contributed by atoms with E-state index in [0.717, 1.165) is 0 Å². The van der Waals surface area contributed by atoms with E-state index in [-0.39, 0.29) is 5.41 Å². The first-order chi connectivity index (χ1) is 23.1. The van der Waals surface area contributed by atoms with Crippen LogP contribution >= 0.6 is 0 Å². The molecule has 0 saturated carbocycles. The molecule has 0 saturated heterocycles. The standard InChI is InChI=1S/C45H32N2/c1-45(2)38-19-11-9-17-33(38)35-24-26-41-43(44(35)45)36-23-21-30(29-13-5-3-6-14-29)27-42(36)47(41)32-22-25-40-37(28-32)34-18-10-12-20-39(34)46(40)31-15-7-4-8-16-31/h3-28H,1-2H3. The maximum absolute atomic E-state index is 2.50. The molecule has 7 aromatic carbocycles. The van der Waals surface area contributed by atoms with Crippen molar-refractivity contribution in [2.45, 2.75) is 19.3 Å². The summed E-state index contributed by atoms with van der Waals surface area (Å²) >= 11 is 0. The lowest BCUT2D eigenvalue weighted by atomic mass is 9.80. The van der Waals surface area contributed by atoms with Gasteiger partial charge in [-0.25, -0.2) is 0 Å². The van der Waals surface area contributed by atoms with Crippen molar-refractivity contribution < 1.29 is 0 Å². The number of nitrogens with zero attached hydrogens (tertiary/aromatic N) is 2. The van der Waals surface area contributed by atoms with Crippen LogP contribution in [0.4, 0.5) is 0 Å². The second kappa shape index (κ2) is 9.57. The summed E-state index contributed by atoms with van der Waals surface area (Å²) in [6, 6.07) is 58.0. The van der Waals surface area contributed by atoms with Gasteiger partial charge in [0.05, 0.1) is 22.1 Å². The Morgan fingerprint density at radius 1 is 0.404 bits per heavy atom. The maximum atomic E-state index is 2.50. The zero-order valence-electron chi connectivity index (χ0n) is 26.4. The van der Waals surface area contributed by atoms with Gasteiger partial charge < -0.3 is 9.13 Å². The van der Waals surface area contributed by atoms with Gasteiger partial charge in [-0.2, -0.15) is 0 Å². The van der Waals surface area contributed by atoms with E-state index >= 15 is 0 Å². The summed E-state index contributed by atoms with van der Waals surface area (Å²) in [4.78, 5) is 0. The third-order valence-corrected chi connectivity index (χ3v) is 10.5. The highest BCUT2D eigenvalue weighted by Gasteiger charge is 2.38. The van der Waals surface area contributed by atoms with E-state index in [1.807, 2.05) is 0 Å². The van der Waals surface area contributed by atoms with E-state index in [0.29, 0.717) is 0 Å². The summed E-state index contributed by atoms with van der Waals surface area (Å²) in [6.45, 7) is 4.78. The molecular weight excluding hydrogens is 569 g/mol. The minimum atomic E-state index is -0.115. The summed E-state index contributed by atoms with van der Waals surface area (Å²) in [5.74, 6) is 0. The Morgan fingerprint density at radius 3 is 1.94 bits per heavy atom. The fourth-order valence-corrected chi connectivity index (χ4v) is 8.42. The van der Waals surface area contributed by atoms with Crippen LogP contribution in [0.3, 0.4) is 0 Å². The van der Waals surface area contributed by atoms with E-state index < -0.39 is 0 Å². The molecule has 2 heterocycles. The second-order valence-electron chi connectivity index (χ2n) is 13.4. The molecule has 1 aliphatic carbocycles. The molecule has 0 unspecified atom stereocenters. The number of rotatable bonds is 3. The average molecular weight is 601 g/mol. The highest BCUT2D eigenvalue weighted by Crippen LogP contribution is 2.53. The fourth-order valence-electron chi connectivity index (χ4n) is 8.42. The zero-order valence-corrected chi connectivity index (χ0v) is 26.4. The largest absolute Gasteiger partial charge is 0.309 e. The second-order valence-corrected chi connectivity index (χ2v) is 13.4. The van der Waals surface area contributed by atoms with E-state index in [1.165, 1.54) is 88.4 Å². The molecule has 2 aromatic heterocycles. The van der Waals surface area contributed by atoms with Gasteiger partial charge in [-0.1, -0.05) is 123 Å². The summed E-state index contributed by atoms with van der Waals surface area (Å²) in [5, 5.41) is 5.16. The van der Waals surface area contributed by atoms with Crippen LogP contribution in [0.5, 0.6) is 0 Å². The lowest BCUT2D eigenvalue weighted by Gasteiger charge is -2.22. The molecule has 0 aliphatic heterocycles. The van der Waals surface area contributed by atoms with Gasteiger partial charge >= 0.3 is 0 Å². The minimum Gasteiger partial charge on any atom is -0.309 e. The van der Waals surface area contributed by atoms with Crippen molar-refractivity contribution in [1.29, 1.82) is 0 Å². The van der Waals surface area contributed by atoms with Crippen molar-refractivity contribution in [3.63, 3.8) is 0 Å². The van der Waals surface area contributed by atoms with Crippen LogP contribution in [0.25, 0.3) is 77.2 Å². The van der Waals surface area contributed by atoms with Crippen LogP contribution < -0.4 is 0 Å². The molecule has 0 fully saturated rings. The predicted octanol–water partition coefficient (Wildman–Crippen LogP) is 11.9. The van der Waals surface area contributed by atoms with Crippen molar-refractivity contribution in [1.82, 2.24) is 9.13 Å². The van der Waals surface area contributed by atoms with Crippen molar-refractivity contribution >= 4 is 43.6 Å². The molecule has 0 bridgehead atoms. The van der Waals surface area contributed by atoms with Gasteiger partial charge in [0.15, 0.2) is 0 Å². The predicted molar refractivity (Wildman–Crippen MR) is 198 cm³/mol. The van der Waals surface area contributed by atoms with Gasteiger partial charge in [0, 0.05) is 38.3 Å². The maximum Gasteiger partial charge on any atom is 0.0547 e. The Bertz CT molecular complexity index is 2690. The molecule has 0 amide bonds. The number of fused-ring (bicyclic) bond motifs is 10. The van der Waals surface area contributed by atoms with E-state index in [2.05, 4.69) is 181 Å². The number of para-hydroxylation sites is 2. The van der Waals surface area contributed by atoms with Gasteiger partial charge in [-0.05, 0) is 81.9 Å². The van der Waals surface area contributed by atoms with Crippen LogP contribution in [0.1, 0.15) is 25.0 Å². The fraction of sp³-hybridized carbons (Fsp3) is 0.0667. The highest BCUT2D eigenvalue weighted by molar-refractivity contribution is 6.16. The van der Waals surface area contributed by atoms with Crippen molar-refractivity contribution in [3.05, 3.63) is 169 Å². The molecule has 2 heteroatoms. The molecule has 0 atom stereocenters. The number of hydrogen-bond acceptors (Lipinski definition) is 0. The van der Waals surface area contributed by atoms with Crippen LogP contribution in [0, 0.1) is 0 Å². The molecule has 222 valence electrons. The molecule has 0 radical (unpaired) electrons. The highest BCUT2D eigenvalue weighted by atomic mass is 15.0. The van der Waals surface area contributed by atoms with Crippen LogP contribution in [-0.2, 0) is 5.41 Å². The average Bonchev–Trinajstić information content (AvgIpc) is 3.71. The molecular formula is C45H32N2. The van der Waals surface area contributed by atoms with Crippen LogP contribution in [0.2, 0.25) is 0 Å². The van der Waals surface area contributed by atoms with Gasteiger partial charge in [0.2, 0.25) is 0 Å². The van der Waals surface area contributed by atoms with Gasteiger partial charge in [-0.3, -0.25) is 0 Å². The van der Waals surface area contributed by atoms with Crippen LogP contribution in [0.15, 0.2) is 158 Å². The third kappa shape index (κ3) is 3.61. The van der Waals surface area contributed by atoms with Crippen LogP contribution in [-0.4, -0.2) is 9.13 Å². The Balaban J connectivity index is 1.31. The SMILES string of the molecule is CC1(C)c2ccccc2-c2ccc3c(c21)c1ccc(-c2ccccc2)cc1n3-c1ccc2c(c1)c1ccccc1n2-c1ccccc1. The van der Waals surface area contributed by atoms with E-state index in [4.69, 9.17) is 0 Å². The smallest absolute Gasteiger partial charge is 0.0547 e. The third-order valence-electron chi connectivity index (χ3n) is 10.5. The van der Waals surface area contributed by atoms with Gasteiger partial charge in [0.1, 0.15) is 0 Å². The van der Waals surface area contributed by atoms with Crippen molar-refractivity contribution in [2.24, 2.45) is 0 Å². The summed E-state index contributed by atoms with van der Waals surface area (Å²) < 4.78 is 4.89. The monoisotopic (exact) mass is 600 g/mol. The van der Waals surface area contributed by atoms with Gasteiger partial charge in [-0.15, -0.1) is 0 Å². The Labute approximate surface area is 273 Å². The topological polar surface area (TPSA) is 9.86 Å². The van der Waals surface area contributed by atoms with E-state index in [1.54, 1.807) is 0 Å². The molecule has 47 heavy (non-hydrogen) atoms. The summed E-state index contributed by atoms with van der Waals surface area (Å²) in [5.41, 5.74) is 15.1. The lowest BCUT2D eigenvalue weighted by Crippen LogP contribution is -2.15. The van der Waals surface area contributed by atoms with Gasteiger partial charge in [0.25, 0.3) is 0 Å². The normalized spacial score (nSPS) is 13.5. The Kier molecular flexibility index (Phi) is 5.37. The Morgan fingerprint density at radius 2 is 1.09 bits per heavy atom. The number of aromatic nitrogens is 2. The van der Waals surface area contributed by atoms with Crippen molar-refractivity contribution in [3.8, 4) is 33.6 Å². The van der Waals surface area contributed by atoms with Crippen molar-refractivity contribution in [2.75, 3.05) is 0 Å². The molecule has 1 aliphatic rings. The minimum absolute atomic E-state index is 0.115. The molecule has 9 aromatic rings. The van der Waals surface area contributed by atoms with E-state index in [9.17, 15) is 0 Å². The number of benzene rings is 7.